The van der Waals surface area contributed by atoms with Gasteiger partial charge in [-0.05, 0) is 32.1 Å². The predicted molar refractivity (Wildman–Crippen MR) is 79.5 cm³/mol. The topological polar surface area (TPSA) is 71.0 Å². The zero-order chi connectivity index (χ0) is 15.3. The number of ether oxygens (including phenoxy) is 2. The van der Waals surface area contributed by atoms with E-state index in [-0.39, 0.29) is 6.04 Å². The summed E-state index contributed by atoms with van der Waals surface area (Å²) in [5.74, 6) is -0.699. The monoisotopic (exact) mass is 300 g/mol. The molecule has 0 aromatic heterocycles. The summed E-state index contributed by atoms with van der Waals surface area (Å²) in [5, 5.41) is 13.0. The molecular weight excluding hydrogens is 272 g/mol. The first-order valence-electron chi connectivity index (χ1n) is 7.84. The largest absolute Gasteiger partial charge is 0.480 e. The molecule has 0 heterocycles. The third-order valence-corrected chi connectivity index (χ3v) is 4.64. The van der Waals surface area contributed by atoms with E-state index in [1.807, 2.05) is 0 Å². The van der Waals surface area contributed by atoms with Gasteiger partial charge in [-0.15, -0.1) is 0 Å². The molecule has 0 amide bonds. The Balaban J connectivity index is 1.96. The van der Waals surface area contributed by atoms with Crippen LogP contribution >= 0.6 is 0 Å². The van der Waals surface area contributed by atoms with E-state index in [2.05, 4.69) is 10.2 Å². The number of methoxy groups -OCH3 is 2. The second-order valence-electron chi connectivity index (χ2n) is 6.22. The Bertz CT molecular complexity index is 341. The number of aliphatic carboxylic acids is 1. The van der Waals surface area contributed by atoms with Gasteiger partial charge in [0.2, 0.25) is 0 Å². The van der Waals surface area contributed by atoms with Crippen molar-refractivity contribution < 1.29 is 19.4 Å². The van der Waals surface area contributed by atoms with Gasteiger partial charge in [0.15, 0.2) is 0 Å². The average Bonchev–Trinajstić information content (AvgIpc) is 3.16. The highest BCUT2D eigenvalue weighted by molar-refractivity contribution is 5.79. The van der Waals surface area contributed by atoms with Crippen molar-refractivity contribution in [2.24, 2.45) is 0 Å². The zero-order valence-corrected chi connectivity index (χ0v) is 13.1. The van der Waals surface area contributed by atoms with E-state index in [0.29, 0.717) is 32.1 Å². The number of nitrogens with one attached hydrogen (secondary N) is 1. The Morgan fingerprint density at radius 2 is 1.86 bits per heavy atom. The van der Waals surface area contributed by atoms with E-state index in [9.17, 15) is 9.90 Å². The van der Waals surface area contributed by atoms with E-state index >= 15 is 0 Å². The van der Waals surface area contributed by atoms with Gasteiger partial charge in [0, 0.05) is 39.4 Å². The van der Waals surface area contributed by atoms with Crippen molar-refractivity contribution in [2.45, 2.75) is 49.7 Å². The van der Waals surface area contributed by atoms with Gasteiger partial charge in [-0.2, -0.15) is 0 Å². The summed E-state index contributed by atoms with van der Waals surface area (Å²) in [6.45, 7) is 2.97. The Hall–Kier alpha value is -0.690. The molecule has 0 bridgehead atoms. The summed E-state index contributed by atoms with van der Waals surface area (Å²) in [6, 6.07) is 0.698. The highest BCUT2D eigenvalue weighted by atomic mass is 16.5. The molecule has 122 valence electrons. The minimum Gasteiger partial charge on any atom is -0.480 e. The average molecular weight is 300 g/mol. The van der Waals surface area contributed by atoms with Crippen LogP contribution in [0.3, 0.4) is 0 Å². The SMILES string of the molecule is COCCN(CCOC)C1CCC(NC2CC2)(C(=O)O)C1. The van der Waals surface area contributed by atoms with Crippen molar-refractivity contribution in [3.8, 4) is 0 Å². The molecule has 2 aliphatic rings. The number of nitrogens with zero attached hydrogens (tertiary/aromatic N) is 1. The molecular formula is C15H28N2O4. The van der Waals surface area contributed by atoms with Gasteiger partial charge in [-0.1, -0.05) is 0 Å². The van der Waals surface area contributed by atoms with Crippen molar-refractivity contribution in [3.63, 3.8) is 0 Å². The van der Waals surface area contributed by atoms with E-state index in [1.54, 1.807) is 14.2 Å². The van der Waals surface area contributed by atoms with Crippen molar-refractivity contribution in [3.05, 3.63) is 0 Å². The highest BCUT2D eigenvalue weighted by Gasteiger charge is 2.49. The van der Waals surface area contributed by atoms with Crippen LogP contribution in [0.15, 0.2) is 0 Å². The molecule has 2 aliphatic carbocycles. The third-order valence-electron chi connectivity index (χ3n) is 4.64. The number of carboxylic acids is 1. The van der Waals surface area contributed by atoms with Crippen LogP contribution in [0.2, 0.25) is 0 Å². The van der Waals surface area contributed by atoms with Gasteiger partial charge in [0.05, 0.1) is 13.2 Å². The summed E-state index contributed by atoms with van der Waals surface area (Å²) in [4.78, 5) is 14.1. The zero-order valence-electron chi connectivity index (χ0n) is 13.1. The Kier molecular flexibility index (Phi) is 5.98. The molecule has 0 radical (unpaired) electrons. The molecule has 0 aromatic rings. The Morgan fingerprint density at radius 1 is 1.24 bits per heavy atom. The molecule has 2 unspecified atom stereocenters. The molecule has 2 fully saturated rings. The van der Waals surface area contributed by atoms with Gasteiger partial charge < -0.3 is 14.6 Å². The number of rotatable bonds is 10. The van der Waals surface area contributed by atoms with Crippen LogP contribution in [0.5, 0.6) is 0 Å². The van der Waals surface area contributed by atoms with Gasteiger partial charge >= 0.3 is 5.97 Å². The first kappa shape index (κ1) is 16.7. The first-order chi connectivity index (χ1) is 10.1. The predicted octanol–water partition coefficient (Wildman–Crippen LogP) is 0.709. The summed E-state index contributed by atoms with van der Waals surface area (Å²) in [7, 11) is 3.39. The van der Waals surface area contributed by atoms with Crippen molar-refractivity contribution in [2.75, 3.05) is 40.5 Å². The van der Waals surface area contributed by atoms with Crippen LogP contribution in [-0.2, 0) is 14.3 Å². The van der Waals surface area contributed by atoms with Gasteiger partial charge in [-0.3, -0.25) is 15.0 Å². The number of hydrogen-bond donors (Lipinski definition) is 2. The van der Waals surface area contributed by atoms with Crippen LogP contribution in [-0.4, -0.2) is 74.1 Å². The molecule has 21 heavy (non-hydrogen) atoms. The molecule has 0 saturated heterocycles. The summed E-state index contributed by atoms with van der Waals surface area (Å²) >= 11 is 0. The fourth-order valence-corrected chi connectivity index (χ4v) is 3.23. The molecule has 0 aromatic carbocycles. The summed E-state index contributed by atoms with van der Waals surface area (Å²) < 4.78 is 10.3. The molecule has 6 nitrogen and oxygen atoms in total. The second-order valence-corrected chi connectivity index (χ2v) is 6.22. The van der Waals surface area contributed by atoms with E-state index in [4.69, 9.17) is 9.47 Å². The molecule has 2 rings (SSSR count). The van der Waals surface area contributed by atoms with Crippen molar-refractivity contribution >= 4 is 5.97 Å². The Morgan fingerprint density at radius 3 is 2.33 bits per heavy atom. The lowest BCUT2D eigenvalue weighted by Crippen LogP contribution is -2.52. The number of carbonyl (C=O) groups is 1. The third kappa shape index (κ3) is 4.39. The number of carboxylic acid groups (broad SMARTS) is 1. The van der Waals surface area contributed by atoms with Gasteiger partial charge in [-0.25, -0.2) is 0 Å². The molecule has 2 N–H and O–H groups in total. The summed E-state index contributed by atoms with van der Waals surface area (Å²) in [5.41, 5.74) is -0.732. The van der Waals surface area contributed by atoms with Crippen LogP contribution < -0.4 is 5.32 Å². The molecule has 6 heteroatoms. The molecule has 2 atom stereocenters. The lowest BCUT2D eigenvalue weighted by atomic mass is 9.97. The van der Waals surface area contributed by atoms with E-state index in [0.717, 1.165) is 32.4 Å². The Labute approximate surface area is 126 Å². The van der Waals surface area contributed by atoms with Crippen molar-refractivity contribution in [1.82, 2.24) is 10.2 Å². The maximum Gasteiger partial charge on any atom is 0.323 e. The van der Waals surface area contributed by atoms with Crippen LogP contribution in [0.25, 0.3) is 0 Å². The van der Waals surface area contributed by atoms with Crippen LogP contribution in [0.1, 0.15) is 32.1 Å². The smallest absolute Gasteiger partial charge is 0.323 e. The van der Waals surface area contributed by atoms with Gasteiger partial charge in [0.1, 0.15) is 5.54 Å². The lowest BCUT2D eigenvalue weighted by Gasteiger charge is -2.31. The molecule has 0 spiro atoms. The fourth-order valence-electron chi connectivity index (χ4n) is 3.23. The maximum atomic E-state index is 11.8. The maximum absolute atomic E-state index is 11.8. The lowest BCUT2D eigenvalue weighted by molar-refractivity contribution is -0.145. The second kappa shape index (κ2) is 7.54. The molecule has 2 saturated carbocycles. The minimum atomic E-state index is -0.732. The number of hydrogen-bond acceptors (Lipinski definition) is 5. The van der Waals surface area contributed by atoms with Gasteiger partial charge in [0.25, 0.3) is 0 Å². The van der Waals surface area contributed by atoms with Crippen LogP contribution in [0.4, 0.5) is 0 Å². The van der Waals surface area contributed by atoms with E-state index in [1.165, 1.54) is 0 Å². The van der Waals surface area contributed by atoms with E-state index < -0.39 is 11.5 Å². The normalized spacial score (nSPS) is 29.2. The standard InChI is InChI=1S/C15H28N2O4/c1-20-9-7-17(8-10-21-2)13-5-6-15(11-13,14(18)19)16-12-3-4-12/h12-13,16H,3-11H2,1-2H3,(H,18,19). The minimum absolute atomic E-state index is 0.289. The summed E-state index contributed by atoms with van der Waals surface area (Å²) in [6.07, 6.45) is 4.51. The van der Waals surface area contributed by atoms with Crippen LogP contribution in [0, 0.1) is 0 Å². The molecule has 0 aliphatic heterocycles. The quantitative estimate of drug-likeness (QED) is 0.619. The highest BCUT2D eigenvalue weighted by Crippen LogP contribution is 2.36. The fraction of sp³-hybridized carbons (Fsp3) is 0.933. The first-order valence-corrected chi connectivity index (χ1v) is 7.84. The van der Waals surface area contributed by atoms with Crippen molar-refractivity contribution in [1.29, 1.82) is 0 Å².